The van der Waals surface area contributed by atoms with Gasteiger partial charge >= 0.3 is 0 Å². The summed E-state index contributed by atoms with van der Waals surface area (Å²) in [5.41, 5.74) is 6.46. The van der Waals surface area contributed by atoms with E-state index >= 15 is 0 Å². The van der Waals surface area contributed by atoms with Crippen molar-refractivity contribution in [1.29, 1.82) is 0 Å². The number of nitrogens with two attached hydrogens (primary N) is 1. The highest BCUT2D eigenvalue weighted by Crippen LogP contribution is 2.08. The molecule has 0 saturated heterocycles. The Hall–Kier alpha value is -1.66. The van der Waals surface area contributed by atoms with Gasteiger partial charge in [-0.3, -0.25) is 4.79 Å². The van der Waals surface area contributed by atoms with Crippen LogP contribution in [0.15, 0.2) is 33.9 Å². The van der Waals surface area contributed by atoms with Gasteiger partial charge in [0.1, 0.15) is 12.4 Å². The molecule has 2 N–H and O–H groups in total. The largest absolute Gasteiger partial charge is 0.490 e. The van der Waals surface area contributed by atoms with Crippen LogP contribution in [0.25, 0.3) is 0 Å². The molecule has 0 spiro atoms. The predicted octanol–water partition coefficient (Wildman–Crippen LogP) is 1.08. The lowest BCUT2D eigenvalue weighted by Crippen LogP contribution is -2.26. The molecule has 0 aliphatic rings. The van der Waals surface area contributed by atoms with E-state index in [1.54, 1.807) is 11.3 Å². The maximum atomic E-state index is 11.8. The molecule has 0 amide bonds. The number of hydrogen-bond donors (Lipinski definition) is 1. The van der Waals surface area contributed by atoms with E-state index in [1.807, 2.05) is 23.8 Å². The van der Waals surface area contributed by atoms with E-state index in [4.69, 9.17) is 10.5 Å². The second kappa shape index (κ2) is 5.79. The predicted molar refractivity (Wildman–Crippen MR) is 71.1 cm³/mol. The van der Waals surface area contributed by atoms with Crippen molar-refractivity contribution in [3.05, 3.63) is 45.0 Å². The molecule has 0 aliphatic heterocycles. The lowest BCUT2D eigenvalue weighted by molar-refractivity contribution is 0.293. The van der Waals surface area contributed by atoms with Crippen LogP contribution in [-0.2, 0) is 6.54 Å². The van der Waals surface area contributed by atoms with Crippen LogP contribution in [-0.4, -0.2) is 22.4 Å². The Labute approximate surface area is 109 Å². The van der Waals surface area contributed by atoms with Crippen LogP contribution in [0, 0.1) is 0 Å². The first-order chi connectivity index (χ1) is 8.65. The monoisotopic (exact) mass is 265 g/mol. The molecule has 0 aliphatic carbocycles. The fourth-order valence-corrected chi connectivity index (χ4v) is 2.06. The zero-order valence-corrected chi connectivity index (χ0v) is 10.9. The first-order valence-corrected chi connectivity index (χ1v) is 6.56. The molecule has 5 nitrogen and oxygen atoms in total. The highest BCUT2D eigenvalue weighted by molar-refractivity contribution is 7.07. The van der Waals surface area contributed by atoms with Crippen LogP contribution in [0.5, 0.6) is 5.75 Å². The third-order valence-electron chi connectivity index (χ3n) is 2.27. The van der Waals surface area contributed by atoms with Crippen LogP contribution in [0.4, 0.5) is 0 Å². The molecule has 0 aromatic carbocycles. The quantitative estimate of drug-likeness (QED) is 0.878. The summed E-state index contributed by atoms with van der Waals surface area (Å²) in [4.78, 5) is 11.8. The summed E-state index contributed by atoms with van der Waals surface area (Å²) in [5, 5.41) is 8.04. The number of rotatable bonds is 5. The lowest BCUT2D eigenvalue weighted by atomic mass is 10.3. The minimum absolute atomic E-state index is 0.0711. The second-order valence-corrected chi connectivity index (χ2v) is 4.89. The Bertz CT molecular complexity index is 549. The van der Waals surface area contributed by atoms with E-state index in [-0.39, 0.29) is 11.6 Å². The minimum Gasteiger partial charge on any atom is -0.490 e. The van der Waals surface area contributed by atoms with Gasteiger partial charge in [-0.25, -0.2) is 4.68 Å². The van der Waals surface area contributed by atoms with Crippen molar-refractivity contribution in [2.24, 2.45) is 5.73 Å². The van der Waals surface area contributed by atoms with Crippen molar-refractivity contribution < 1.29 is 4.74 Å². The normalized spacial score (nSPS) is 12.3. The Morgan fingerprint density at radius 1 is 1.61 bits per heavy atom. The molecule has 6 heteroatoms. The molecule has 2 heterocycles. The molecule has 0 bridgehead atoms. The van der Waals surface area contributed by atoms with Gasteiger partial charge in [0.2, 0.25) is 0 Å². The van der Waals surface area contributed by atoms with Crippen LogP contribution >= 0.6 is 11.3 Å². The summed E-state index contributed by atoms with van der Waals surface area (Å²) >= 11 is 1.60. The topological polar surface area (TPSA) is 70.1 Å². The summed E-state index contributed by atoms with van der Waals surface area (Å²) in [5.74, 6) is 0.457. The summed E-state index contributed by atoms with van der Waals surface area (Å²) in [7, 11) is 0. The molecule has 1 atom stereocenters. The van der Waals surface area contributed by atoms with E-state index in [0.717, 1.165) is 5.56 Å². The molecular weight excluding hydrogens is 250 g/mol. The van der Waals surface area contributed by atoms with E-state index in [2.05, 4.69) is 5.10 Å². The average Bonchev–Trinajstić information content (AvgIpc) is 2.82. The molecular formula is C12H15N3O2S. The Morgan fingerprint density at radius 3 is 3.06 bits per heavy atom. The van der Waals surface area contributed by atoms with Gasteiger partial charge in [0.05, 0.1) is 12.7 Å². The molecule has 1 unspecified atom stereocenters. The summed E-state index contributed by atoms with van der Waals surface area (Å²) < 4.78 is 6.74. The smallest absolute Gasteiger partial charge is 0.270 e. The van der Waals surface area contributed by atoms with Crippen molar-refractivity contribution >= 4 is 11.3 Å². The van der Waals surface area contributed by atoms with Gasteiger partial charge in [-0.1, -0.05) is 0 Å². The van der Waals surface area contributed by atoms with Crippen LogP contribution in [0.1, 0.15) is 12.5 Å². The average molecular weight is 265 g/mol. The lowest BCUT2D eigenvalue weighted by Gasteiger charge is -2.09. The first-order valence-electron chi connectivity index (χ1n) is 5.62. The van der Waals surface area contributed by atoms with Crippen LogP contribution in [0.3, 0.4) is 0 Å². The highest BCUT2D eigenvalue weighted by atomic mass is 32.1. The zero-order chi connectivity index (χ0) is 13.0. The standard InChI is InChI=1S/C12H15N3O2S/c1-9(13)7-17-11-4-12(16)15(14-5-11)6-10-2-3-18-8-10/h2-5,8-9H,6-7,13H2,1H3. The van der Waals surface area contributed by atoms with Crippen molar-refractivity contribution in [1.82, 2.24) is 9.78 Å². The van der Waals surface area contributed by atoms with Gasteiger partial charge in [-0.05, 0) is 29.3 Å². The van der Waals surface area contributed by atoms with Crippen LogP contribution in [0.2, 0.25) is 0 Å². The number of aromatic nitrogens is 2. The zero-order valence-electron chi connectivity index (χ0n) is 10.1. The summed E-state index contributed by atoms with van der Waals surface area (Å²) in [6.07, 6.45) is 1.54. The number of hydrogen-bond acceptors (Lipinski definition) is 5. The van der Waals surface area contributed by atoms with Gasteiger partial charge in [-0.2, -0.15) is 16.4 Å². The van der Waals surface area contributed by atoms with E-state index in [0.29, 0.717) is 18.9 Å². The molecule has 2 rings (SSSR count). The van der Waals surface area contributed by atoms with Crippen molar-refractivity contribution in [3.8, 4) is 5.75 Å². The molecule has 18 heavy (non-hydrogen) atoms. The third-order valence-corrected chi connectivity index (χ3v) is 3.00. The number of nitrogens with zero attached hydrogens (tertiary/aromatic N) is 2. The van der Waals surface area contributed by atoms with E-state index in [1.165, 1.54) is 16.9 Å². The SMILES string of the molecule is CC(N)COc1cnn(Cc2ccsc2)c(=O)c1. The molecule has 2 aromatic heterocycles. The Kier molecular flexibility index (Phi) is 4.11. The molecule has 2 aromatic rings. The van der Waals surface area contributed by atoms with E-state index < -0.39 is 0 Å². The Morgan fingerprint density at radius 2 is 2.44 bits per heavy atom. The third kappa shape index (κ3) is 3.41. The maximum Gasteiger partial charge on any atom is 0.270 e. The summed E-state index contributed by atoms with van der Waals surface area (Å²) in [6, 6.07) is 3.33. The van der Waals surface area contributed by atoms with Gasteiger partial charge in [0, 0.05) is 12.1 Å². The first kappa shape index (κ1) is 12.8. The Balaban J connectivity index is 2.08. The van der Waals surface area contributed by atoms with Gasteiger partial charge in [-0.15, -0.1) is 0 Å². The molecule has 0 saturated carbocycles. The number of thiophene rings is 1. The maximum absolute atomic E-state index is 11.8. The molecule has 0 radical (unpaired) electrons. The van der Waals surface area contributed by atoms with Crippen molar-refractivity contribution in [2.75, 3.05) is 6.61 Å². The second-order valence-electron chi connectivity index (χ2n) is 4.11. The fourth-order valence-electron chi connectivity index (χ4n) is 1.40. The molecule has 96 valence electrons. The minimum atomic E-state index is -0.177. The van der Waals surface area contributed by atoms with Gasteiger partial charge in [0.15, 0.2) is 0 Å². The highest BCUT2D eigenvalue weighted by Gasteiger charge is 2.03. The van der Waals surface area contributed by atoms with E-state index in [9.17, 15) is 4.79 Å². The van der Waals surface area contributed by atoms with Crippen LogP contribution < -0.4 is 16.0 Å². The summed E-state index contributed by atoms with van der Waals surface area (Å²) in [6.45, 7) is 2.69. The fraction of sp³-hybridized carbons (Fsp3) is 0.333. The number of ether oxygens (including phenoxy) is 1. The van der Waals surface area contributed by atoms with Crippen molar-refractivity contribution in [3.63, 3.8) is 0 Å². The molecule has 0 fully saturated rings. The van der Waals surface area contributed by atoms with Gasteiger partial charge < -0.3 is 10.5 Å². The van der Waals surface area contributed by atoms with Crippen molar-refractivity contribution in [2.45, 2.75) is 19.5 Å². The van der Waals surface area contributed by atoms with Gasteiger partial charge in [0.25, 0.3) is 5.56 Å².